The summed E-state index contributed by atoms with van der Waals surface area (Å²) in [6.07, 6.45) is 4.50. The van der Waals surface area contributed by atoms with Gasteiger partial charge in [-0.2, -0.15) is 0 Å². The van der Waals surface area contributed by atoms with E-state index in [0.29, 0.717) is 18.8 Å². The van der Waals surface area contributed by atoms with Crippen molar-refractivity contribution < 1.29 is 9.59 Å². The largest absolute Gasteiger partial charge is 0.310 e. The van der Waals surface area contributed by atoms with E-state index in [2.05, 4.69) is 9.97 Å². The van der Waals surface area contributed by atoms with Crippen LogP contribution in [0.4, 0.5) is 11.4 Å². The molecule has 6 nitrogen and oxygen atoms in total. The Morgan fingerprint density at radius 2 is 1.74 bits per heavy atom. The first-order valence-corrected chi connectivity index (χ1v) is 7.53. The summed E-state index contributed by atoms with van der Waals surface area (Å²) in [4.78, 5) is 36.3. The number of amides is 2. The standard InChI is InChI=1S/C17H18N4O2/c1-12-10-20(13(2)22)15-5-3-4-6-16(15)21(11-12)17(23)14-9-18-7-8-19-14/h3-9,12H,10-11H2,1-2H3/t12-/m0/s1. The quantitative estimate of drug-likeness (QED) is 0.809. The van der Waals surface area contributed by atoms with Crippen molar-refractivity contribution in [2.24, 2.45) is 5.92 Å². The van der Waals surface area contributed by atoms with Crippen molar-refractivity contribution in [3.63, 3.8) is 0 Å². The van der Waals surface area contributed by atoms with E-state index in [1.165, 1.54) is 18.6 Å². The molecular formula is C17H18N4O2. The van der Waals surface area contributed by atoms with Crippen molar-refractivity contribution in [1.29, 1.82) is 0 Å². The van der Waals surface area contributed by atoms with Gasteiger partial charge in [-0.1, -0.05) is 19.1 Å². The summed E-state index contributed by atoms with van der Waals surface area (Å²) in [5, 5.41) is 0. The van der Waals surface area contributed by atoms with Crippen LogP contribution in [0.5, 0.6) is 0 Å². The molecular weight excluding hydrogens is 292 g/mol. The maximum atomic E-state index is 12.9. The normalized spacial score (nSPS) is 17.4. The Hall–Kier alpha value is -2.76. The Morgan fingerprint density at radius 3 is 2.35 bits per heavy atom. The summed E-state index contributed by atoms with van der Waals surface area (Å²) >= 11 is 0. The van der Waals surface area contributed by atoms with Crippen LogP contribution in [0.25, 0.3) is 0 Å². The number of anilines is 2. The van der Waals surface area contributed by atoms with Gasteiger partial charge in [-0.3, -0.25) is 14.6 Å². The number of benzene rings is 1. The third-order valence-electron chi connectivity index (χ3n) is 3.86. The van der Waals surface area contributed by atoms with Gasteiger partial charge in [-0.05, 0) is 18.1 Å². The number of para-hydroxylation sites is 2. The van der Waals surface area contributed by atoms with Crippen LogP contribution >= 0.6 is 0 Å². The third kappa shape index (κ3) is 2.92. The average Bonchev–Trinajstić information content (AvgIpc) is 2.72. The Labute approximate surface area is 134 Å². The van der Waals surface area contributed by atoms with E-state index in [4.69, 9.17) is 0 Å². The molecule has 0 N–H and O–H groups in total. The van der Waals surface area contributed by atoms with Gasteiger partial charge in [0, 0.05) is 32.4 Å². The van der Waals surface area contributed by atoms with Crippen LogP contribution in [0.3, 0.4) is 0 Å². The van der Waals surface area contributed by atoms with Gasteiger partial charge in [-0.15, -0.1) is 0 Å². The predicted molar refractivity (Wildman–Crippen MR) is 87.3 cm³/mol. The summed E-state index contributed by atoms with van der Waals surface area (Å²) in [5.74, 6) is -0.0900. The summed E-state index contributed by atoms with van der Waals surface area (Å²) in [7, 11) is 0. The van der Waals surface area contributed by atoms with E-state index >= 15 is 0 Å². The SMILES string of the molecule is CC(=O)N1C[C@H](C)CN(C(=O)c2cnccn2)c2ccccc21. The first-order chi connectivity index (χ1) is 11.1. The zero-order valence-electron chi connectivity index (χ0n) is 13.1. The minimum absolute atomic E-state index is 0.0295. The molecule has 1 atom stereocenters. The fourth-order valence-electron chi connectivity index (χ4n) is 2.84. The number of rotatable bonds is 1. The van der Waals surface area contributed by atoms with Crippen molar-refractivity contribution in [3.8, 4) is 0 Å². The molecule has 0 aliphatic carbocycles. The van der Waals surface area contributed by atoms with Crippen molar-refractivity contribution in [3.05, 3.63) is 48.5 Å². The van der Waals surface area contributed by atoms with Crippen molar-refractivity contribution >= 4 is 23.2 Å². The minimum atomic E-state index is -0.206. The topological polar surface area (TPSA) is 66.4 Å². The molecule has 0 radical (unpaired) electrons. The average molecular weight is 310 g/mol. The van der Waals surface area contributed by atoms with Gasteiger partial charge >= 0.3 is 0 Å². The maximum Gasteiger partial charge on any atom is 0.278 e. The fraction of sp³-hybridized carbons (Fsp3) is 0.294. The molecule has 0 spiro atoms. The molecule has 2 amide bonds. The van der Waals surface area contributed by atoms with Crippen molar-refractivity contribution in [2.45, 2.75) is 13.8 Å². The lowest BCUT2D eigenvalue weighted by atomic mass is 10.1. The number of hydrogen-bond acceptors (Lipinski definition) is 4. The van der Waals surface area contributed by atoms with E-state index in [9.17, 15) is 9.59 Å². The molecule has 1 aromatic carbocycles. The van der Waals surface area contributed by atoms with E-state index in [1.54, 1.807) is 16.7 Å². The highest BCUT2D eigenvalue weighted by molar-refractivity contribution is 6.08. The first kappa shape index (κ1) is 15.1. The molecule has 0 saturated carbocycles. The molecule has 1 aliphatic rings. The zero-order valence-corrected chi connectivity index (χ0v) is 13.1. The highest BCUT2D eigenvalue weighted by atomic mass is 16.2. The van der Waals surface area contributed by atoms with Gasteiger partial charge in [0.2, 0.25) is 5.91 Å². The third-order valence-corrected chi connectivity index (χ3v) is 3.86. The molecule has 0 bridgehead atoms. The molecule has 0 fully saturated rings. The second-order valence-corrected chi connectivity index (χ2v) is 5.73. The van der Waals surface area contributed by atoms with Gasteiger partial charge in [0.15, 0.2) is 0 Å². The minimum Gasteiger partial charge on any atom is -0.310 e. The lowest BCUT2D eigenvalue weighted by molar-refractivity contribution is -0.116. The highest BCUT2D eigenvalue weighted by Gasteiger charge is 2.30. The summed E-state index contributed by atoms with van der Waals surface area (Å²) in [5.41, 5.74) is 1.77. The van der Waals surface area contributed by atoms with E-state index in [1.807, 2.05) is 31.2 Å². The second kappa shape index (κ2) is 6.16. The number of carbonyl (C=O) groups excluding carboxylic acids is 2. The molecule has 118 valence electrons. The molecule has 1 aliphatic heterocycles. The van der Waals surface area contributed by atoms with Crippen molar-refractivity contribution in [1.82, 2.24) is 9.97 Å². The fourth-order valence-corrected chi connectivity index (χ4v) is 2.84. The highest BCUT2D eigenvalue weighted by Crippen LogP contribution is 2.34. The smallest absolute Gasteiger partial charge is 0.278 e. The van der Waals surface area contributed by atoms with Crippen LogP contribution in [-0.4, -0.2) is 34.9 Å². The summed E-state index contributed by atoms with van der Waals surface area (Å²) < 4.78 is 0. The Balaban J connectivity index is 2.07. The monoisotopic (exact) mass is 310 g/mol. The van der Waals surface area contributed by atoms with Gasteiger partial charge in [-0.25, -0.2) is 4.98 Å². The van der Waals surface area contributed by atoms with Gasteiger partial charge in [0.1, 0.15) is 5.69 Å². The van der Waals surface area contributed by atoms with Gasteiger partial charge < -0.3 is 9.80 Å². The number of aromatic nitrogens is 2. The number of carbonyl (C=O) groups is 2. The number of fused-ring (bicyclic) bond motifs is 1. The molecule has 23 heavy (non-hydrogen) atoms. The lowest BCUT2D eigenvalue weighted by Crippen LogP contribution is -2.36. The molecule has 2 heterocycles. The molecule has 3 rings (SSSR count). The van der Waals surface area contributed by atoms with E-state index < -0.39 is 0 Å². The maximum absolute atomic E-state index is 12.9. The molecule has 0 saturated heterocycles. The predicted octanol–water partition coefficient (Wildman–Crippen LogP) is 2.13. The van der Waals surface area contributed by atoms with Crippen LogP contribution in [0.15, 0.2) is 42.9 Å². The molecule has 0 unspecified atom stereocenters. The Morgan fingerprint density at radius 1 is 1.09 bits per heavy atom. The van der Waals surface area contributed by atoms with Crippen LogP contribution in [0.1, 0.15) is 24.3 Å². The number of nitrogens with zero attached hydrogens (tertiary/aromatic N) is 4. The molecule has 6 heteroatoms. The molecule has 1 aromatic heterocycles. The first-order valence-electron chi connectivity index (χ1n) is 7.53. The van der Waals surface area contributed by atoms with Gasteiger partial charge in [0.05, 0.1) is 17.6 Å². The van der Waals surface area contributed by atoms with Crippen LogP contribution in [0, 0.1) is 5.92 Å². The zero-order chi connectivity index (χ0) is 16.4. The van der Waals surface area contributed by atoms with Gasteiger partial charge in [0.25, 0.3) is 5.91 Å². The van der Waals surface area contributed by atoms with Crippen LogP contribution in [0.2, 0.25) is 0 Å². The Kier molecular flexibility index (Phi) is 4.06. The van der Waals surface area contributed by atoms with Crippen molar-refractivity contribution in [2.75, 3.05) is 22.9 Å². The van der Waals surface area contributed by atoms with Crippen LogP contribution in [-0.2, 0) is 4.79 Å². The summed E-state index contributed by atoms with van der Waals surface area (Å²) in [6, 6.07) is 7.46. The lowest BCUT2D eigenvalue weighted by Gasteiger charge is -2.24. The number of hydrogen-bond donors (Lipinski definition) is 0. The van der Waals surface area contributed by atoms with E-state index in [-0.39, 0.29) is 17.7 Å². The summed E-state index contributed by atoms with van der Waals surface area (Å²) in [6.45, 7) is 4.68. The van der Waals surface area contributed by atoms with Crippen LogP contribution < -0.4 is 9.80 Å². The molecule has 2 aromatic rings. The van der Waals surface area contributed by atoms with E-state index in [0.717, 1.165) is 11.4 Å². The second-order valence-electron chi connectivity index (χ2n) is 5.73. The Bertz CT molecular complexity index is 732.